The molecule has 0 saturated heterocycles. The van der Waals surface area contributed by atoms with E-state index in [4.69, 9.17) is 6.42 Å². The summed E-state index contributed by atoms with van der Waals surface area (Å²) in [6, 6.07) is -0.119. The molecule has 0 aromatic rings. The van der Waals surface area contributed by atoms with Gasteiger partial charge in [-0.2, -0.15) is 0 Å². The SMILES string of the molecule is C#CC(CCC)NC(=O)C(C)CNC. The number of rotatable bonds is 6. The fourth-order valence-corrected chi connectivity index (χ4v) is 1.20. The Morgan fingerprint density at radius 2 is 2.21 bits per heavy atom. The van der Waals surface area contributed by atoms with Crippen molar-refractivity contribution in [2.75, 3.05) is 13.6 Å². The lowest BCUT2D eigenvalue weighted by Crippen LogP contribution is -2.40. The first-order valence-corrected chi connectivity index (χ1v) is 5.06. The summed E-state index contributed by atoms with van der Waals surface area (Å²) < 4.78 is 0. The highest BCUT2D eigenvalue weighted by atomic mass is 16.1. The molecule has 0 aromatic heterocycles. The molecule has 0 aliphatic carbocycles. The van der Waals surface area contributed by atoms with Crippen molar-refractivity contribution in [1.82, 2.24) is 10.6 Å². The molecule has 0 fully saturated rings. The Labute approximate surface area is 86.6 Å². The fraction of sp³-hybridized carbons (Fsp3) is 0.727. The monoisotopic (exact) mass is 196 g/mol. The molecule has 0 saturated carbocycles. The molecule has 0 radical (unpaired) electrons. The third-order valence-electron chi connectivity index (χ3n) is 2.05. The summed E-state index contributed by atoms with van der Waals surface area (Å²) in [4.78, 5) is 11.5. The number of carbonyl (C=O) groups is 1. The lowest BCUT2D eigenvalue weighted by atomic mass is 10.1. The van der Waals surface area contributed by atoms with Crippen LogP contribution in [0.2, 0.25) is 0 Å². The Bertz CT molecular complexity index is 208. The smallest absolute Gasteiger partial charge is 0.225 e. The number of amides is 1. The maximum Gasteiger partial charge on any atom is 0.225 e. The van der Waals surface area contributed by atoms with Gasteiger partial charge in [-0.05, 0) is 13.5 Å². The standard InChI is InChI=1S/C11H20N2O/c1-5-7-10(6-2)13-11(14)9(3)8-12-4/h2,9-10,12H,5,7-8H2,1,3-4H3,(H,13,14). The molecule has 14 heavy (non-hydrogen) atoms. The number of hydrogen-bond donors (Lipinski definition) is 2. The Kier molecular flexibility index (Phi) is 6.87. The van der Waals surface area contributed by atoms with Gasteiger partial charge in [-0.15, -0.1) is 6.42 Å². The van der Waals surface area contributed by atoms with Crippen molar-refractivity contribution in [3.63, 3.8) is 0 Å². The first-order valence-electron chi connectivity index (χ1n) is 5.06. The Balaban J connectivity index is 3.96. The number of hydrogen-bond acceptors (Lipinski definition) is 2. The van der Waals surface area contributed by atoms with Crippen molar-refractivity contribution in [2.24, 2.45) is 5.92 Å². The Morgan fingerprint density at radius 1 is 1.57 bits per heavy atom. The molecule has 0 aliphatic heterocycles. The van der Waals surface area contributed by atoms with Gasteiger partial charge in [0.15, 0.2) is 0 Å². The average Bonchev–Trinajstić information content (AvgIpc) is 2.17. The van der Waals surface area contributed by atoms with E-state index < -0.39 is 0 Å². The minimum Gasteiger partial charge on any atom is -0.342 e. The first-order chi connectivity index (χ1) is 6.65. The highest BCUT2D eigenvalue weighted by Gasteiger charge is 2.14. The molecule has 2 N–H and O–H groups in total. The van der Waals surface area contributed by atoms with Crippen LogP contribution in [0.1, 0.15) is 26.7 Å². The predicted molar refractivity (Wildman–Crippen MR) is 58.8 cm³/mol. The van der Waals surface area contributed by atoms with Crippen LogP contribution >= 0.6 is 0 Å². The third kappa shape index (κ3) is 4.88. The van der Waals surface area contributed by atoms with Gasteiger partial charge in [-0.1, -0.05) is 26.2 Å². The van der Waals surface area contributed by atoms with Gasteiger partial charge in [-0.3, -0.25) is 4.79 Å². The summed E-state index contributed by atoms with van der Waals surface area (Å²) in [5.41, 5.74) is 0. The molecule has 0 spiro atoms. The summed E-state index contributed by atoms with van der Waals surface area (Å²) >= 11 is 0. The summed E-state index contributed by atoms with van der Waals surface area (Å²) in [7, 11) is 1.83. The molecule has 1 amide bonds. The van der Waals surface area contributed by atoms with Crippen LogP contribution in [0.3, 0.4) is 0 Å². The zero-order valence-corrected chi connectivity index (χ0v) is 9.26. The minimum atomic E-state index is -0.119. The molecule has 0 heterocycles. The summed E-state index contributed by atoms with van der Waals surface area (Å²) in [6.07, 6.45) is 7.12. The molecule has 0 aliphatic rings. The first kappa shape index (κ1) is 13.0. The molecule has 3 nitrogen and oxygen atoms in total. The van der Waals surface area contributed by atoms with Gasteiger partial charge in [0.25, 0.3) is 0 Å². The molecule has 2 atom stereocenters. The van der Waals surface area contributed by atoms with Crippen LogP contribution in [-0.2, 0) is 4.79 Å². The molecule has 80 valence electrons. The van der Waals surface area contributed by atoms with Crippen LogP contribution < -0.4 is 10.6 Å². The van der Waals surface area contributed by atoms with E-state index in [0.29, 0.717) is 6.54 Å². The molecule has 0 bridgehead atoms. The van der Waals surface area contributed by atoms with E-state index in [-0.39, 0.29) is 17.9 Å². The van der Waals surface area contributed by atoms with Crippen molar-refractivity contribution in [2.45, 2.75) is 32.7 Å². The van der Waals surface area contributed by atoms with E-state index in [1.807, 2.05) is 20.9 Å². The van der Waals surface area contributed by atoms with E-state index >= 15 is 0 Å². The largest absolute Gasteiger partial charge is 0.342 e. The van der Waals surface area contributed by atoms with Crippen LogP contribution in [0.25, 0.3) is 0 Å². The summed E-state index contributed by atoms with van der Waals surface area (Å²) in [6.45, 7) is 4.61. The maximum absolute atomic E-state index is 11.5. The van der Waals surface area contributed by atoms with Crippen LogP contribution in [0, 0.1) is 18.3 Å². The zero-order chi connectivity index (χ0) is 11.0. The second-order valence-electron chi connectivity index (χ2n) is 3.48. The molecule has 2 unspecified atom stereocenters. The van der Waals surface area contributed by atoms with E-state index in [1.165, 1.54) is 0 Å². The number of carbonyl (C=O) groups excluding carboxylic acids is 1. The zero-order valence-electron chi connectivity index (χ0n) is 9.26. The third-order valence-corrected chi connectivity index (χ3v) is 2.05. The lowest BCUT2D eigenvalue weighted by molar-refractivity contribution is -0.124. The van der Waals surface area contributed by atoms with E-state index in [9.17, 15) is 4.79 Å². The van der Waals surface area contributed by atoms with Crippen molar-refractivity contribution in [3.05, 3.63) is 0 Å². The van der Waals surface area contributed by atoms with E-state index in [2.05, 4.69) is 16.6 Å². The molecule has 0 aromatic carbocycles. The minimum absolute atomic E-state index is 0.0238. The van der Waals surface area contributed by atoms with Crippen LogP contribution in [0.4, 0.5) is 0 Å². The van der Waals surface area contributed by atoms with Crippen LogP contribution in [0.5, 0.6) is 0 Å². The van der Waals surface area contributed by atoms with Gasteiger partial charge in [0.1, 0.15) is 0 Å². The van der Waals surface area contributed by atoms with Crippen molar-refractivity contribution < 1.29 is 4.79 Å². The van der Waals surface area contributed by atoms with Gasteiger partial charge >= 0.3 is 0 Å². The van der Waals surface area contributed by atoms with Gasteiger partial charge in [-0.25, -0.2) is 0 Å². The Morgan fingerprint density at radius 3 is 2.64 bits per heavy atom. The highest BCUT2D eigenvalue weighted by molar-refractivity contribution is 5.79. The van der Waals surface area contributed by atoms with Gasteiger partial charge in [0.2, 0.25) is 5.91 Å². The Hall–Kier alpha value is -1.01. The van der Waals surface area contributed by atoms with Crippen molar-refractivity contribution in [3.8, 4) is 12.3 Å². The van der Waals surface area contributed by atoms with Crippen molar-refractivity contribution in [1.29, 1.82) is 0 Å². The summed E-state index contributed by atoms with van der Waals surface area (Å²) in [5.74, 6) is 2.57. The second kappa shape index (κ2) is 7.40. The fourth-order valence-electron chi connectivity index (χ4n) is 1.20. The molecule has 0 rings (SSSR count). The van der Waals surface area contributed by atoms with Crippen LogP contribution in [0.15, 0.2) is 0 Å². The van der Waals surface area contributed by atoms with E-state index in [0.717, 1.165) is 12.8 Å². The lowest BCUT2D eigenvalue weighted by Gasteiger charge is -2.15. The highest BCUT2D eigenvalue weighted by Crippen LogP contribution is 1.98. The van der Waals surface area contributed by atoms with Gasteiger partial charge in [0, 0.05) is 12.5 Å². The van der Waals surface area contributed by atoms with Crippen molar-refractivity contribution >= 4 is 5.91 Å². The second-order valence-corrected chi connectivity index (χ2v) is 3.48. The summed E-state index contributed by atoms with van der Waals surface area (Å²) in [5, 5.41) is 5.80. The topological polar surface area (TPSA) is 41.1 Å². The molecule has 3 heteroatoms. The van der Waals surface area contributed by atoms with Gasteiger partial charge < -0.3 is 10.6 Å². The number of terminal acetylenes is 1. The molecular weight excluding hydrogens is 176 g/mol. The van der Waals surface area contributed by atoms with Gasteiger partial charge in [0.05, 0.1) is 6.04 Å². The number of nitrogens with one attached hydrogen (secondary N) is 2. The average molecular weight is 196 g/mol. The van der Waals surface area contributed by atoms with E-state index in [1.54, 1.807) is 0 Å². The van der Waals surface area contributed by atoms with Crippen LogP contribution in [-0.4, -0.2) is 25.5 Å². The maximum atomic E-state index is 11.5. The predicted octanol–water partition coefficient (Wildman–Crippen LogP) is 0.760. The quantitative estimate of drug-likeness (QED) is 0.616. The normalized spacial score (nSPS) is 14.1. The molecular formula is C11H20N2O.